The van der Waals surface area contributed by atoms with E-state index in [-0.39, 0.29) is 0 Å². The molecule has 2 aromatic carbocycles. The van der Waals surface area contributed by atoms with E-state index in [2.05, 4.69) is 18.6 Å². The molecule has 124 valence electrons. The highest BCUT2D eigenvalue weighted by atomic mass is 32.2. The van der Waals surface area contributed by atoms with Crippen molar-refractivity contribution in [3.05, 3.63) is 53.1 Å². The van der Waals surface area contributed by atoms with Gasteiger partial charge in [0.2, 0.25) is 0 Å². The highest BCUT2D eigenvalue weighted by Crippen LogP contribution is 2.27. The summed E-state index contributed by atoms with van der Waals surface area (Å²) in [5, 5.41) is 0. The zero-order valence-electron chi connectivity index (χ0n) is 14.2. The van der Waals surface area contributed by atoms with E-state index in [4.69, 9.17) is 4.74 Å². The minimum atomic E-state index is -3.64. The third-order valence-corrected chi connectivity index (χ3v) is 5.45. The van der Waals surface area contributed by atoms with E-state index in [1.807, 2.05) is 12.1 Å². The highest BCUT2D eigenvalue weighted by Gasteiger charge is 2.20. The number of rotatable bonds is 5. The number of hydrogen-bond donors (Lipinski definition) is 1. The third kappa shape index (κ3) is 3.85. The monoisotopic (exact) mass is 333 g/mol. The Bertz CT molecular complexity index is 771. The van der Waals surface area contributed by atoms with Gasteiger partial charge in [-0.3, -0.25) is 4.72 Å². The SMILES string of the molecule is COc1cc(C)c(S(=O)(=O)Nc2ccc(C(C)C)cc2)c(C)c1. The van der Waals surface area contributed by atoms with Crippen molar-refractivity contribution in [1.29, 1.82) is 0 Å². The highest BCUT2D eigenvalue weighted by molar-refractivity contribution is 7.92. The maximum Gasteiger partial charge on any atom is 0.262 e. The number of aryl methyl sites for hydroxylation is 2. The lowest BCUT2D eigenvalue weighted by atomic mass is 10.0. The van der Waals surface area contributed by atoms with Crippen LogP contribution in [0.15, 0.2) is 41.3 Å². The fourth-order valence-electron chi connectivity index (χ4n) is 2.59. The number of nitrogens with one attached hydrogen (secondary N) is 1. The maximum absolute atomic E-state index is 12.7. The van der Waals surface area contributed by atoms with Crippen molar-refractivity contribution in [1.82, 2.24) is 0 Å². The minimum Gasteiger partial charge on any atom is -0.497 e. The van der Waals surface area contributed by atoms with Crippen LogP contribution in [-0.4, -0.2) is 15.5 Å². The molecule has 0 saturated carbocycles. The summed E-state index contributed by atoms with van der Waals surface area (Å²) in [5.41, 5.74) is 3.05. The van der Waals surface area contributed by atoms with Crippen LogP contribution in [0.2, 0.25) is 0 Å². The van der Waals surface area contributed by atoms with Crippen molar-refractivity contribution >= 4 is 15.7 Å². The quantitative estimate of drug-likeness (QED) is 0.890. The number of benzene rings is 2. The summed E-state index contributed by atoms with van der Waals surface area (Å²) in [5.74, 6) is 1.06. The summed E-state index contributed by atoms with van der Waals surface area (Å²) in [6.45, 7) is 7.74. The molecule has 0 aliphatic carbocycles. The summed E-state index contributed by atoms with van der Waals surface area (Å²) in [6.07, 6.45) is 0. The van der Waals surface area contributed by atoms with Gasteiger partial charge < -0.3 is 4.74 Å². The smallest absolute Gasteiger partial charge is 0.262 e. The van der Waals surface area contributed by atoms with Gasteiger partial charge in [-0.2, -0.15) is 0 Å². The molecule has 0 aliphatic heterocycles. The Hall–Kier alpha value is -2.01. The second-order valence-corrected chi connectivity index (χ2v) is 7.59. The molecule has 0 aliphatic rings. The molecule has 0 fully saturated rings. The summed E-state index contributed by atoms with van der Waals surface area (Å²) in [7, 11) is -2.07. The first kappa shape index (κ1) is 17.3. The van der Waals surface area contributed by atoms with E-state index in [0.29, 0.717) is 33.4 Å². The summed E-state index contributed by atoms with van der Waals surface area (Å²) >= 11 is 0. The summed E-state index contributed by atoms with van der Waals surface area (Å²) in [6, 6.07) is 10.9. The van der Waals surface area contributed by atoms with Crippen LogP contribution < -0.4 is 9.46 Å². The van der Waals surface area contributed by atoms with Gasteiger partial charge in [0.05, 0.1) is 12.0 Å². The fourth-order valence-corrected chi connectivity index (χ4v) is 4.11. The Morgan fingerprint density at radius 2 is 1.52 bits per heavy atom. The zero-order chi connectivity index (χ0) is 17.2. The van der Waals surface area contributed by atoms with Crippen LogP contribution in [0.1, 0.15) is 36.5 Å². The molecule has 0 aromatic heterocycles. The molecule has 0 saturated heterocycles. The molecular formula is C18H23NO3S. The molecule has 2 rings (SSSR count). The van der Waals surface area contributed by atoms with Crippen molar-refractivity contribution in [2.75, 3.05) is 11.8 Å². The van der Waals surface area contributed by atoms with Crippen molar-refractivity contribution in [2.45, 2.75) is 38.5 Å². The van der Waals surface area contributed by atoms with Gasteiger partial charge in [-0.05, 0) is 60.7 Å². The molecule has 0 unspecified atom stereocenters. The molecule has 0 atom stereocenters. The Morgan fingerprint density at radius 3 is 1.96 bits per heavy atom. The number of anilines is 1. The van der Waals surface area contributed by atoms with Gasteiger partial charge in [-0.15, -0.1) is 0 Å². The van der Waals surface area contributed by atoms with Crippen LogP contribution in [-0.2, 0) is 10.0 Å². The predicted molar refractivity (Wildman–Crippen MR) is 93.8 cm³/mol. The van der Waals surface area contributed by atoms with Crippen molar-refractivity contribution in [3.8, 4) is 5.75 Å². The second-order valence-electron chi connectivity index (χ2n) is 5.97. The van der Waals surface area contributed by atoms with E-state index in [0.717, 1.165) is 0 Å². The molecule has 23 heavy (non-hydrogen) atoms. The third-order valence-electron chi connectivity index (χ3n) is 3.77. The van der Waals surface area contributed by atoms with Gasteiger partial charge in [0.15, 0.2) is 0 Å². The fraction of sp³-hybridized carbons (Fsp3) is 0.333. The predicted octanol–water partition coefficient (Wildman–Crippen LogP) is 4.24. The molecule has 0 heterocycles. The first-order valence-corrected chi connectivity index (χ1v) is 9.01. The lowest BCUT2D eigenvalue weighted by Crippen LogP contribution is -2.16. The van der Waals surface area contributed by atoms with Gasteiger partial charge in [-0.25, -0.2) is 8.42 Å². The van der Waals surface area contributed by atoms with E-state index in [9.17, 15) is 8.42 Å². The van der Waals surface area contributed by atoms with E-state index < -0.39 is 10.0 Å². The number of sulfonamides is 1. The molecule has 0 spiro atoms. The minimum absolute atomic E-state index is 0.297. The van der Waals surface area contributed by atoms with Gasteiger partial charge in [-0.1, -0.05) is 26.0 Å². The molecule has 0 bridgehead atoms. The van der Waals surface area contributed by atoms with Crippen LogP contribution >= 0.6 is 0 Å². The lowest BCUT2D eigenvalue weighted by Gasteiger charge is -2.15. The van der Waals surface area contributed by atoms with Gasteiger partial charge in [0.1, 0.15) is 5.75 Å². The topological polar surface area (TPSA) is 55.4 Å². The largest absolute Gasteiger partial charge is 0.497 e. The van der Waals surface area contributed by atoms with E-state index >= 15 is 0 Å². The normalized spacial score (nSPS) is 11.6. The van der Waals surface area contributed by atoms with Gasteiger partial charge in [0, 0.05) is 5.69 Å². The van der Waals surface area contributed by atoms with Crippen LogP contribution in [0.4, 0.5) is 5.69 Å². The molecule has 0 amide bonds. The first-order chi connectivity index (χ1) is 10.7. The molecular weight excluding hydrogens is 310 g/mol. The average Bonchev–Trinajstić information content (AvgIpc) is 2.46. The van der Waals surface area contributed by atoms with Crippen LogP contribution in [0.25, 0.3) is 0 Å². The molecule has 2 aromatic rings. The number of ether oxygens (including phenoxy) is 1. The van der Waals surface area contributed by atoms with Crippen LogP contribution in [0.5, 0.6) is 5.75 Å². The molecule has 4 nitrogen and oxygen atoms in total. The Kier molecular flexibility index (Phi) is 5.00. The Morgan fingerprint density at radius 1 is 1.00 bits per heavy atom. The molecule has 0 radical (unpaired) electrons. The second kappa shape index (κ2) is 6.62. The van der Waals surface area contributed by atoms with Crippen molar-refractivity contribution < 1.29 is 13.2 Å². The maximum atomic E-state index is 12.7. The molecule has 1 N–H and O–H groups in total. The number of hydrogen-bond acceptors (Lipinski definition) is 3. The standard InChI is InChI=1S/C18H23NO3S/c1-12(2)15-6-8-16(9-7-15)19-23(20,21)18-13(3)10-17(22-5)11-14(18)4/h6-12,19H,1-5H3. The average molecular weight is 333 g/mol. The van der Waals surface area contributed by atoms with Crippen molar-refractivity contribution in [3.63, 3.8) is 0 Å². The first-order valence-electron chi connectivity index (χ1n) is 7.52. The zero-order valence-corrected chi connectivity index (χ0v) is 15.0. The number of methoxy groups -OCH3 is 1. The summed E-state index contributed by atoms with van der Waals surface area (Å²) in [4.78, 5) is 0.297. The lowest BCUT2D eigenvalue weighted by molar-refractivity contribution is 0.413. The van der Waals surface area contributed by atoms with Crippen molar-refractivity contribution in [2.24, 2.45) is 0 Å². The van der Waals surface area contributed by atoms with Crippen LogP contribution in [0, 0.1) is 13.8 Å². The van der Waals surface area contributed by atoms with E-state index in [1.165, 1.54) is 5.56 Å². The Balaban J connectivity index is 2.36. The van der Waals surface area contributed by atoms with E-state index in [1.54, 1.807) is 45.2 Å². The van der Waals surface area contributed by atoms with Crippen LogP contribution in [0.3, 0.4) is 0 Å². The Labute approximate surface area is 138 Å². The summed E-state index contributed by atoms with van der Waals surface area (Å²) < 4.78 is 33.3. The van der Waals surface area contributed by atoms with Gasteiger partial charge >= 0.3 is 0 Å². The van der Waals surface area contributed by atoms with Gasteiger partial charge in [0.25, 0.3) is 10.0 Å². The molecule has 5 heteroatoms.